The van der Waals surface area contributed by atoms with Gasteiger partial charge in [-0.15, -0.1) is 0 Å². The lowest BCUT2D eigenvalue weighted by Gasteiger charge is -2.28. The van der Waals surface area contributed by atoms with Crippen molar-refractivity contribution in [3.63, 3.8) is 0 Å². The Kier molecular flexibility index (Phi) is 5.62. The molecule has 1 aromatic carbocycles. The van der Waals surface area contributed by atoms with E-state index in [1.54, 1.807) is 0 Å². The molecule has 116 valence electrons. The van der Waals surface area contributed by atoms with Gasteiger partial charge in [-0.2, -0.15) is 0 Å². The molecule has 0 saturated heterocycles. The number of nitrogens with one attached hydrogen (secondary N) is 1. The molecule has 1 amide bonds. The highest BCUT2D eigenvalue weighted by atomic mass is 16.5. The molecule has 1 fully saturated rings. The number of benzene rings is 1. The third kappa shape index (κ3) is 5.05. The Labute approximate surface area is 126 Å². The number of ether oxygens (including phenoxy) is 1. The highest BCUT2D eigenvalue weighted by Crippen LogP contribution is 2.19. The van der Waals surface area contributed by atoms with E-state index in [0.717, 1.165) is 37.0 Å². The van der Waals surface area contributed by atoms with Crippen molar-refractivity contribution in [1.82, 2.24) is 5.32 Å². The number of amides is 1. The summed E-state index contributed by atoms with van der Waals surface area (Å²) in [5.74, 6) is 0.746. The van der Waals surface area contributed by atoms with Crippen LogP contribution >= 0.6 is 0 Å². The third-order valence-corrected chi connectivity index (χ3v) is 3.71. The van der Waals surface area contributed by atoms with Crippen molar-refractivity contribution in [3.05, 3.63) is 29.8 Å². The summed E-state index contributed by atoms with van der Waals surface area (Å²) in [5.41, 5.74) is 0.927. The largest absolute Gasteiger partial charge is 0.491 e. The fourth-order valence-corrected chi connectivity index (χ4v) is 2.72. The first kappa shape index (κ1) is 15.8. The molecule has 21 heavy (non-hydrogen) atoms. The highest BCUT2D eigenvalue weighted by molar-refractivity contribution is 5.79. The van der Waals surface area contributed by atoms with Crippen LogP contribution in [0.15, 0.2) is 24.3 Å². The van der Waals surface area contributed by atoms with Crippen LogP contribution in [-0.2, 0) is 11.2 Å². The standard InChI is InChI=1S/C17H25NO3/c1-12(2)21-14-7-5-6-13(10-14)11-17(20)18-15-8-3-4-9-16(15)19/h5-7,10,12,15-16,19H,3-4,8-9,11H2,1-2H3,(H,18,20). The lowest BCUT2D eigenvalue weighted by molar-refractivity contribution is -0.122. The van der Waals surface area contributed by atoms with E-state index in [-0.39, 0.29) is 18.1 Å². The van der Waals surface area contributed by atoms with Crippen LogP contribution in [-0.4, -0.2) is 29.3 Å². The number of hydrogen-bond donors (Lipinski definition) is 2. The number of hydrogen-bond acceptors (Lipinski definition) is 3. The fourth-order valence-electron chi connectivity index (χ4n) is 2.72. The third-order valence-electron chi connectivity index (χ3n) is 3.71. The zero-order chi connectivity index (χ0) is 15.2. The summed E-state index contributed by atoms with van der Waals surface area (Å²) < 4.78 is 5.63. The molecule has 2 rings (SSSR count). The van der Waals surface area contributed by atoms with Gasteiger partial charge in [0.2, 0.25) is 5.91 Å². The average molecular weight is 291 g/mol. The summed E-state index contributed by atoms with van der Waals surface area (Å²) in [6.45, 7) is 3.95. The molecular weight excluding hydrogens is 266 g/mol. The zero-order valence-electron chi connectivity index (χ0n) is 12.8. The van der Waals surface area contributed by atoms with Crippen molar-refractivity contribution < 1.29 is 14.6 Å². The van der Waals surface area contributed by atoms with Gasteiger partial charge in [0, 0.05) is 0 Å². The van der Waals surface area contributed by atoms with Crippen molar-refractivity contribution in [3.8, 4) is 5.75 Å². The Morgan fingerprint density at radius 2 is 2.14 bits per heavy atom. The maximum absolute atomic E-state index is 12.1. The summed E-state index contributed by atoms with van der Waals surface area (Å²) in [5, 5.41) is 12.8. The Morgan fingerprint density at radius 3 is 2.86 bits per heavy atom. The fraction of sp³-hybridized carbons (Fsp3) is 0.588. The van der Waals surface area contributed by atoms with E-state index >= 15 is 0 Å². The monoisotopic (exact) mass is 291 g/mol. The van der Waals surface area contributed by atoms with Crippen LogP contribution in [0.2, 0.25) is 0 Å². The van der Waals surface area contributed by atoms with Gasteiger partial charge in [0.1, 0.15) is 5.75 Å². The molecule has 0 aliphatic heterocycles. The molecule has 4 nitrogen and oxygen atoms in total. The van der Waals surface area contributed by atoms with E-state index in [2.05, 4.69) is 5.32 Å². The van der Waals surface area contributed by atoms with Crippen LogP contribution in [0.25, 0.3) is 0 Å². The summed E-state index contributed by atoms with van der Waals surface area (Å²) in [4.78, 5) is 12.1. The van der Waals surface area contributed by atoms with Gasteiger partial charge >= 0.3 is 0 Å². The molecule has 2 N–H and O–H groups in total. The van der Waals surface area contributed by atoms with Gasteiger partial charge < -0.3 is 15.2 Å². The normalized spacial score (nSPS) is 22.1. The smallest absolute Gasteiger partial charge is 0.224 e. The van der Waals surface area contributed by atoms with Gasteiger partial charge in [-0.25, -0.2) is 0 Å². The predicted octanol–water partition coefficient (Wildman–Crippen LogP) is 2.44. The number of aliphatic hydroxyl groups is 1. The van der Waals surface area contributed by atoms with Gasteiger partial charge in [-0.3, -0.25) is 4.79 Å². The predicted molar refractivity (Wildman–Crippen MR) is 82.3 cm³/mol. The van der Waals surface area contributed by atoms with Crippen molar-refractivity contribution in [1.29, 1.82) is 0 Å². The molecular formula is C17H25NO3. The topological polar surface area (TPSA) is 58.6 Å². The molecule has 1 aromatic rings. The number of carbonyl (C=O) groups excluding carboxylic acids is 1. The van der Waals surface area contributed by atoms with E-state index in [1.807, 2.05) is 38.1 Å². The minimum Gasteiger partial charge on any atom is -0.491 e. The molecule has 0 spiro atoms. The van der Waals surface area contributed by atoms with Gasteiger partial charge in [-0.1, -0.05) is 25.0 Å². The molecule has 1 aliphatic rings. The van der Waals surface area contributed by atoms with Crippen LogP contribution in [0.3, 0.4) is 0 Å². The minimum atomic E-state index is -0.404. The molecule has 1 saturated carbocycles. The highest BCUT2D eigenvalue weighted by Gasteiger charge is 2.24. The van der Waals surface area contributed by atoms with Gasteiger partial charge in [0.05, 0.1) is 24.7 Å². The maximum atomic E-state index is 12.1. The SMILES string of the molecule is CC(C)Oc1cccc(CC(=O)NC2CCCCC2O)c1. The first-order valence-corrected chi connectivity index (χ1v) is 7.77. The van der Waals surface area contributed by atoms with E-state index in [1.165, 1.54) is 0 Å². The van der Waals surface area contributed by atoms with Crippen LogP contribution in [0.4, 0.5) is 0 Å². The van der Waals surface area contributed by atoms with Crippen LogP contribution in [0.5, 0.6) is 5.75 Å². The first-order chi connectivity index (χ1) is 10.0. The molecule has 0 heterocycles. The Balaban J connectivity index is 1.90. The molecule has 2 unspecified atom stereocenters. The second-order valence-corrected chi connectivity index (χ2v) is 6.02. The van der Waals surface area contributed by atoms with Gasteiger partial charge in [-0.05, 0) is 44.4 Å². The number of carbonyl (C=O) groups is 1. The van der Waals surface area contributed by atoms with Gasteiger partial charge in [0.15, 0.2) is 0 Å². The van der Waals surface area contributed by atoms with Crippen LogP contribution < -0.4 is 10.1 Å². The van der Waals surface area contributed by atoms with Crippen LogP contribution in [0.1, 0.15) is 45.1 Å². The van der Waals surface area contributed by atoms with E-state index in [0.29, 0.717) is 6.42 Å². The first-order valence-electron chi connectivity index (χ1n) is 7.77. The van der Waals surface area contributed by atoms with Gasteiger partial charge in [0.25, 0.3) is 0 Å². The van der Waals surface area contributed by atoms with Crippen molar-refractivity contribution in [2.24, 2.45) is 0 Å². The van der Waals surface area contributed by atoms with E-state index < -0.39 is 6.10 Å². The summed E-state index contributed by atoms with van der Waals surface area (Å²) in [7, 11) is 0. The molecule has 4 heteroatoms. The Morgan fingerprint density at radius 1 is 1.38 bits per heavy atom. The average Bonchev–Trinajstić information content (AvgIpc) is 2.41. The molecule has 0 bridgehead atoms. The Hall–Kier alpha value is -1.55. The lowest BCUT2D eigenvalue weighted by Crippen LogP contribution is -2.45. The number of aliphatic hydroxyl groups excluding tert-OH is 1. The summed E-state index contributed by atoms with van der Waals surface area (Å²) in [6, 6.07) is 7.52. The molecule has 0 aromatic heterocycles. The Bertz CT molecular complexity index is 473. The lowest BCUT2D eigenvalue weighted by atomic mass is 9.92. The zero-order valence-corrected chi connectivity index (χ0v) is 12.8. The molecule has 0 radical (unpaired) electrons. The molecule has 1 aliphatic carbocycles. The van der Waals surface area contributed by atoms with Crippen molar-refractivity contribution in [2.45, 2.75) is 64.2 Å². The van der Waals surface area contributed by atoms with E-state index in [9.17, 15) is 9.90 Å². The summed E-state index contributed by atoms with van der Waals surface area (Å²) >= 11 is 0. The quantitative estimate of drug-likeness (QED) is 0.876. The second kappa shape index (κ2) is 7.46. The van der Waals surface area contributed by atoms with Crippen LogP contribution in [0, 0.1) is 0 Å². The van der Waals surface area contributed by atoms with Crippen molar-refractivity contribution in [2.75, 3.05) is 0 Å². The molecule has 2 atom stereocenters. The second-order valence-electron chi connectivity index (χ2n) is 6.02. The minimum absolute atomic E-state index is 0.0392. The number of rotatable bonds is 5. The maximum Gasteiger partial charge on any atom is 0.224 e. The van der Waals surface area contributed by atoms with E-state index in [4.69, 9.17) is 4.74 Å². The van der Waals surface area contributed by atoms with Crippen molar-refractivity contribution >= 4 is 5.91 Å². The summed E-state index contributed by atoms with van der Waals surface area (Å²) in [6.07, 6.45) is 3.79.